The molecule has 0 saturated heterocycles. The standard InChI is InChI=1S/C27H35N5O7S/c1-40-12-11-20(25(36)32-22(27(38)39)14-16-5-3-2-4-6-16)30-26(37)21(15-23(29)34)31-24(35)19(28)13-17-7-9-18(33)10-8-17/h2-10,19-22,33H,11-15,28H2,1H3,(H2,29,34)(H,30,37)(H,31,35)(H,32,36)(H,38,39). The van der Waals surface area contributed by atoms with Crippen LogP contribution < -0.4 is 27.4 Å². The molecule has 0 aliphatic carbocycles. The molecule has 40 heavy (non-hydrogen) atoms. The molecule has 0 fully saturated rings. The lowest BCUT2D eigenvalue weighted by Gasteiger charge is -2.25. The second-order valence-electron chi connectivity index (χ2n) is 9.14. The summed E-state index contributed by atoms with van der Waals surface area (Å²) in [5, 5.41) is 26.5. The number of thioether (sulfide) groups is 1. The van der Waals surface area contributed by atoms with Gasteiger partial charge in [-0.25, -0.2) is 4.79 Å². The van der Waals surface area contributed by atoms with Crippen LogP contribution in [-0.2, 0) is 36.8 Å². The molecular weight excluding hydrogens is 538 g/mol. The number of phenolic OH excluding ortho intramolecular Hbond substituents is 1. The van der Waals surface area contributed by atoms with Crippen LogP contribution >= 0.6 is 11.8 Å². The van der Waals surface area contributed by atoms with Gasteiger partial charge in [-0.2, -0.15) is 11.8 Å². The summed E-state index contributed by atoms with van der Waals surface area (Å²) in [6.07, 6.45) is 1.54. The Labute approximate surface area is 236 Å². The summed E-state index contributed by atoms with van der Waals surface area (Å²) in [6, 6.07) is 9.93. The fourth-order valence-electron chi connectivity index (χ4n) is 3.77. The fraction of sp³-hybridized carbons (Fsp3) is 0.370. The van der Waals surface area contributed by atoms with Crippen LogP contribution in [0.3, 0.4) is 0 Å². The number of hydrogen-bond acceptors (Lipinski definition) is 8. The SMILES string of the molecule is CSCCC(NC(=O)C(CC(N)=O)NC(=O)C(N)Cc1ccc(O)cc1)C(=O)NC(Cc1ccccc1)C(=O)O. The van der Waals surface area contributed by atoms with E-state index in [0.717, 1.165) is 0 Å². The van der Waals surface area contributed by atoms with Gasteiger partial charge in [0.2, 0.25) is 23.6 Å². The molecule has 0 spiro atoms. The van der Waals surface area contributed by atoms with Crippen molar-refractivity contribution in [2.24, 2.45) is 11.5 Å². The Kier molecular flexibility index (Phi) is 12.9. The Morgan fingerprint density at radius 3 is 1.93 bits per heavy atom. The largest absolute Gasteiger partial charge is 0.508 e. The van der Waals surface area contributed by atoms with E-state index in [-0.39, 0.29) is 25.0 Å². The van der Waals surface area contributed by atoms with Crippen molar-refractivity contribution in [2.45, 2.75) is 49.9 Å². The Morgan fingerprint density at radius 2 is 1.35 bits per heavy atom. The third kappa shape index (κ3) is 10.9. The average Bonchev–Trinajstić information content (AvgIpc) is 2.91. The van der Waals surface area contributed by atoms with Crippen molar-refractivity contribution >= 4 is 41.4 Å². The number of carboxylic acid groups (broad SMARTS) is 1. The second kappa shape index (κ2) is 16.1. The number of hydrogen-bond donors (Lipinski definition) is 7. The summed E-state index contributed by atoms with van der Waals surface area (Å²) < 4.78 is 0. The zero-order valence-electron chi connectivity index (χ0n) is 22.0. The molecule has 12 nitrogen and oxygen atoms in total. The maximum Gasteiger partial charge on any atom is 0.326 e. The van der Waals surface area contributed by atoms with E-state index >= 15 is 0 Å². The first kappa shape index (κ1) is 32.1. The van der Waals surface area contributed by atoms with Crippen molar-refractivity contribution < 1.29 is 34.2 Å². The van der Waals surface area contributed by atoms with Crippen LogP contribution in [0.2, 0.25) is 0 Å². The number of phenols is 1. The second-order valence-corrected chi connectivity index (χ2v) is 10.1. The van der Waals surface area contributed by atoms with Crippen molar-refractivity contribution in [2.75, 3.05) is 12.0 Å². The number of rotatable bonds is 16. The molecule has 0 bridgehead atoms. The molecule has 2 aromatic rings. The van der Waals surface area contributed by atoms with Crippen LogP contribution in [0.4, 0.5) is 0 Å². The van der Waals surface area contributed by atoms with Crippen molar-refractivity contribution in [1.29, 1.82) is 0 Å². The lowest BCUT2D eigenvalue weighted by atomic mass is 10.0. The number of carboxylic acids is 1. The molecule has 4 amide bonds. The van der Waals surface area contributed by atoms with Crippen LogP contribution in [0.25, 0.3) is 0 Å². The molecule has 0 aliphatic rings. The number of primary amides is 1. The quantitative estimate of drug-likeness (QED) is 0.140. The van der Waals surface area contributed by atoms with Crippen LogP contribution in [-0.4, -0.2) is 76.0 Å². The lowest BCUT2D eigenvalue weighted by molar-refractivity contribution is -0.142. The van der Waals surface area contributed by atoms with Gasteiger partial charge in [0, 0.05) is 6.42 Å². The van der Waals surface area contributed by atoms with Crippen molar-refractivity contribution in [1.82, 2.24) is 16.0 Å². The fourth-order valence-corrected chi connectivity index (χ4v) is 4.24. The highest BCUT2D eigenvalue weighted by molar-refractivity contribution is 7.98. The summed E-state index contributed by atoms with van der Waals surface area (Å²) >= 11 is 1.41. The predicted molar refractivity (Wildman–Crippen MR) is 150 cm³/mol. The number of nitrogens with two attached hydrogens (primary N) is 2. The predicted octanol–water partition coefficient (Wildman–Crippen LogP) is -0.328. The number of aromatic hydroxyl groups is 1. The Bertz CT molecular complexity index is 1160. The van der Waals surface area contributed by atoms with Gasteiger partial charge in [-0.3, -0.25) is 19.2 Å². The molecule has 4 atom stereocenters. The first-order chi connectivity index (χ1) is 19.0. The van der Waals surface area contributed by atoms with Gasteiger partial charge in [0.1, 0.15) is 23.9 Å². The molecule has 2 aromatic carbocycles. The van der Waals surface area contributed by atoms with E-state index in [1.807, 2.05) is 0 Å². The zero-order chi connectivity index (χ0) is 29.7. The van der Waals surface area contributed by atoms with Crippen LogP contribution in [0, 0.1) is 0 Å². The smallest absolute Gasteiger partial charge is 0.326 e. The van der Waals surface area contributed by atoms with E-state index in [2.05, 4.69) is 16.0 Å². The number of carbonyl (C=O) groups is 5. The van der Waals surface area contributed by atoms with Gasteiger partial charge in [-0.05, 0) is 48.1 Å². The molecule has 4 unspecified atom stereocenters. The maximum atomic E-state index is 13.1. The monoisotopic (exact) mass is 573 g/mol. The van der Waals surface area contributed by atoms with Crippen molar-refractivity contribution in [3.63, 3.8) is 0 Å². The number of nitrogens with one attached hydrogen (secondary N) is 3. The lowest BCUT2D eigenvalue weighted by Crippen LogP contribution is -2.58. The zero-order valence-corrected chi connectivity index (χ0v) is 22.9. The summed E-state index contributed by atoms with van der Waals surface area (Å²) in [6.45, 7) is 0. The molecule has 216 valence electrons. The van der Waals surface area contributed by atoms with E-state index in [0.29, 0.717) is 16.9 Å². The normalized spacial score (nSPS) is 13.8. The van der Waals surface area contributed by atoms with Gasteiger partial charge in [0.05, 0.1) is 12.5 Å². The van der Waals surface area contributed by atoms with Gasteiger partial charge < -0.3 is 37.6 Å². The van der Waals surface area contributed by atoms with Gasteiger partial charge in [-0.1, -0.05) is 42.5 Å². The summed E-state index contributed by atoms with van der Waals surface area (Å²) in [4.78, 5) is 62.4. The van der Waals surface area contributed by atoms with E-state index < -0.39 is 60.2 Å². The van der Waals surface area contributed by atoms with Crippen LogP contribution in [0.1, 0.15) is 24.0 Å². The van der Waals surface area contributed by atoms with Gasteiger partial charge in [0.15, 0.2) is 0 Å². The minimum absolute atomic E-state index is 0.0321. The highest BCUT2D eigenvalue weighted by Gasteiger charge is 2.31. The minimum Gasteiger partial charge on any atom is -0.508 e. The van der Waals surface area contributed by atoms with E-state index in [4.69, 9.17) is 11.5 Å². The van der Waals surface area contributed by atoms with Crippen LogP contribution in [0.5, 0.6) is 5.75 Å². The third-order valence-corrected chi connectivity index (χ3v) is 6.55. The van der Waals surface area contributed by atoms with Crippen molar-refractivity contribution in [3.05, 3.63) is 65.7 Å². The Hall–Kier alpha value is -4.10. The highest BCUT2D eigenvalue weighted by atomic mass is 32.2. The molecule has 9 N–H and O–H groups in total. The Morgan fingerprint density at radius 1 is 0.800 bits per heavy atom. The maximum absolute atomic E-state index is 13.1. The minimum atomic E-state index is -1.42. The summed E-state index contributed by atoms with van der Waals surface area (Å²) in [5.74, 6) is -3.90. The van der Waals surface area contributed by atoms with Crippen LogP contribution in [0.15, 0.2) is 54.6 Å². The third-order valence-electron chi connectivity index (χ3n) is 5.91. The number of benzene rings is 2. The first-order valence-electron chi connectivity index (χ1n) is 12.5. The highest BCUT2D eigenvalue weighted by Crippen LogP contribution is 2.11. The van der Waals surface area contributed by atoms with Gasteiger partial charge in [0.25, 0.3) is 0 Å². The first-order valence-corrected chi connectivity index (χ1v) is 13.9. The molecule has 13 heteroatoms. The Balaban J connectivity index is 2.11. The molecule has 0 radical (unpaired) electrons. The van der Waals surface area contributed by atoms with E-state index in [1.54, 1.807) is 48.7 Å². The average molecular weight is 574 g/mol. The number of carbonyl (C=O) groups excluding carboxylic acids is 4. The summed E-state index contributed by atoms with van der Waals surface area (Å²) in [5.41, 5.74) is 12.6. The van der Waals surface area contributed by atoms with E-state index in [9.17, 15) is 34.2 Å². The summed E-state index contributed by atoms with van der Waals surface area (Å²) in [7, 11) is 0. The molecule has 0 aliphatic heterocycles. The molecule has 0 heterocycles. The molecule has 0 saturated carbocycles. The number of aliphatic carboxylic acids is 1. The van der Waals surface area contributed by atoms with Gasteiger partial charge in [-0.15, -0.1) is 0 Å². The van der Waals surface area contributed by atoms with Gasteiger partial charge >= 0.3 is 5.97 Å². The molecule has 2 rings (SSSR count). The topological polar surface area (TPSA) is 214 Å². The number of amides is 4. The molecular formula is C27H35N5O7S. The van der Waals surface area contributed by atoms with Crippen molar-refractivity contribution in [3.8, 4) is 5.75 Å². The van der Waals surface area contributed by atoms with E-state index in [1.165, 1.54) is 23.9 Å². The molecule has 0 aromatic heterocycles.